The van der Waals surface area contributed by atoms with Gasteiger partial charge in [-0.2, -0.15) is 0 Å². The Hall–Kier alpha value is -7.10. The van der Waals surface area contributed by atoms with E-state index < -0.39 is 0 Å². The first-order valence-electron chi connectivity index (χ1n) is 18.1. The van der Waals surface area contributed by atoms with Crippen LogP contribution in [-0.2, 0) is 0 Å². The Balaban J connectivity index is 1.22. The molecule has 12 rings (SSSR count). The summed E-state index contributed by atoms with van der Waals surface area (Å²) in [5, 5.41) is 17.2. The SMILES string of the molecule is c1ccc(-c2nc(-c3cc4ccc5cccc6c7cccc8ccc9cccc(c(c3)c4c56)c9c87)cc(-c3cccc4c3oc3ccccc34)n2)cc1. The number of furan rings is 1. The van der Waals surface area contributed by atoms with Gasteiger partial charge < -0.3 is 4.42 Å². The molecule has 0 fully saturated rings. The molecule has 53 heavy (non-hydrogen) atoms. The lowest BCUT2D eigenvalue weighted by atomic mass is 9.87. The van der Waals surface area contributed by atoms with Crippen LogP contribution in [0.4, 0.5) is 0 Å². The number of para-hydroxylation sites is 2. The van der Waals surface area contributed by atoms with E-state index in [-0.39, 0.29) is 0 Å². The summed E-state index contributed by atoms with van der Waals surface area (Å²) >= 11 is 0. The van der Waals surface area contributed by atoms with E-state index >= 15 is 0 Å². The lowest BCUT2D eigenvalue weighted by molar-refractivity contribution is 0.670. The van der Waals surface area contributed by atoms with Crippen LogP contribution in [0.25, 0.3) is 120 Å². The van der Waals surface area contributed by atoms with Gasteiger partial charge >= 0.3 is 0 Å². The third-order valence-electron chi connectivity index (χ3n) is 11.2. The van der Waals surface area contributed by atoms with E-state index in [0.717, 1.165) is 50.0 Å². The van der Waals surface area contributed by atoms with Gasteiger partial charge in [0.2, 0.25) is 0 Å². The second-order valence-corrected chi connectivity index (χ2v) is 14.1. The molecule has 0 radical (unpaired) electrons. The molecule has 0 saturated heterocycles. The van der Waals surface area contributed by atoms with Crippen molar-refractivity contribution in [2.75, 3.05) is 0 Å². The molecule has 0 aliphatic heterocycles. The zero-order valence-electron chi connectivity index (χ0n) is 28.5. The van der Waals surface area contributed by atoms with Crippen LogP contribution in [-0.4, -0.2) is 9.97 Å². The van der Waals surface area contributed by atoms with Crippen molar-refractivity contribution in [1.29, 1.82) is 0 Å². The van der Waals surface area contributed by atoms with Gasteiger partial charge in [-0.25, -0.2) is 9.97 Å². The molecule has 3 heteroatoms. The monoisotopic (exact) mass is 672 g/mol. The van der Waals surface area contributed by atoms with Crippen LogP contribution in [0.15, 0.2) is 174 Å². The van der Waals surface area contributed by atoms with E-state index in [1.54, 1.807) is 0 Å². The van der Waals surface area contributed by atoms with Crippen molar-refractivity contribution >= 4 is 86.6 Å². The number of benzene rings is 9. The zero-order valence-corrected chi connectivity index (χ0v) is 28.5. The molecule has 0 unspecified atom stereocenters. The fourth-order valence-electron chi connectivity index (χ4n) is 8.83. The normalized spacial score (nSPS) is 12.2. The van der Waals surface area contributed by atoms with Crippen LogP contribution in [0.5, 0.6) is 0 Å². The maximum absolute atomic E-state index is 6.52. The number of hydrogen-bond donors (Lipinski definition) is 0. The van der Waals surface area contributed by atoms with Crippen LogP contribution in [0.2, 0.25) is 0 Å². The number of rotatable bonds is 3. The first-order valence-corrected chi connectivity index (χ1v) is 18.1. The standard InChI is InChI=1S/C50H28N2O/c1-2-10-32(11-3-1)50-51-42(28-43(52-50)40-20-9-19-39-35-15-4-5-21-44(35)53-49(39)40)34-26-33-25-24-31-13-7-17-37-36-16-6-12-29-22-23-30-14-8-18-38(47(30)45(29)36)41(27-34)48(33)46(31)37/h1-28H. The summed E-state index contributed by atoms with van der Waals surface area (Å²) < 4.78 is 6.52. The van der Waals surface area contributed by atoms with E-state index in [0.29, 0.717) is 5.82 Å². The largest absolute Gasteiger partial charge is 0.455 e. The number of nitrogens with zero attached hydrogens (tertiary/aromatic N) is 2. The molecule has 12 aromatic rings. The predicted octanol–water partition coefficient (Wildman–Crippen LogP) is 13.7. The van der Waals surface area contributed by atoms with Gasteiger partial charge in [-0.1, -0.05) is 140 Å². The van der Waals surface area contributed by atoms with Crippen molar-refractivity contribution < 1.29 is 4.42 Å². The van der Waals surface area contributed by atoms with E-state index in [2.05, 4.69) is 140 Å². The Bertz CT molecular complexity index is 3450. The van der Waals surface area contributed by atoms with Crippen LogP contribution in [0.3, 0.4) is 0 Å². The minimum Gasteiger partial charge on any atom is -0.455 e. The van der Waals surface area contributed by atoms with Gasteiger partial charge in [-0.05, 0) is 95.0 Å². The highest BCUT2D eigenvalue weighted by Crippen LogP contribution is 2.45. The number of hydrogen-bond acceptors (Lipinski definition) is 3. The van der Waals surface area contributed by atoms with Gasteiger partial charge in [0, 0.05) is 27.5 Å². The van der Waals surface area contributed by atoms with Crippen molar-refractivity contribution in [2.24, 2.45) is 0 Å². The topological polar surface area (TPSA) is 38.9 Å². The average Bonchev–Trinajstić information content (AvgIpc) is 3.61. The Labute approximate surface area is 303 Å². The lowest BCUT2D eigenvalue weighted by Gasteiger charge is -2.17. The molecule has 2 heterocycles. The molecule has 0 saturated carbocycles. The average molecular weight is 673 g/mol. The van der Waals surface area contributed by atoms with Gasteiger partial charge in [-0.15, -0.1) is 0 Å². The molecule has 0 atom stereocenters. The van der Waals surface area contributed by atoms with E-state index in [1.165, 1.54) is 64.6 Å². The molecule has 244 valence electrons. The predicted molar refractivity (Wildman–Crippen MR) is 222 cm³/mol. The molecule has 0 amide bonds. The third kappa shape index (κ3) is 4.10. The molecule has 10 aromatic carbocycles. The van der Waals surface area contributed by atoms with Crippen LogP contribution >= 0.6 is 0 Å². The number of fused-ring (bicyclic) bond motifs is 5. The summed E-state index contributed by atoms with van der Waals surface area (Å²) in [5.74, 6) is 0.676. The zero-order chi connectivity index (χ0) is 34.6. The second-order valence-electron chi connectivity index (χ2n) is 14.1. The smallest absolute Gasteiger partial charge is 0.160 e. The molecule has 0 aliphatic carbocycles. The summed E-state index contributed by atoms with van der Waals surface area (Å²) in [7, 11) is 0. The van der Waals surface area contributed by atoms with Crippen molar-refractivity contribution in [3.05, 3.63) is 170 Å². The summed E-state index contributed by atoms with van der Waals surface area (Å²) in [4.78, 5) is 10.5. The summed E-state index contributed by atoms with van der Waals surface area (Å²) in [5.41, 5.74) is 6.33. The number of aromatic nitrogens is 2. The summed E-state index contributed by atoms with van der Waals surface area (Å²) in [6.07, 6.45) is 0. The molecular weight excluding hydrogens is 645 g/mol. The van der Waals surface area contributed by atoms with Crippen molar-refractivity contribution in [1.82, 2.24) is 9.97 Å². The Kier molecular flexibility index (Phi) is 5.77. The van der Waals surface area contributed by atoms with Crippen LogP contribution in [0, 0.1) is 0 Å². The summed E-state index contributed by atoms with van der Waals surface area (Å²) in [6.45, 7) is 0. The molecule has 0 N–H and O–H groups in total. The van der Waals surface area contributed by atoms with E-state index in [4.69, 9.17) is 14.4 Å². The molecule has 0 aliphatic rings. The Morgan fingerprint density at radius 2 is 0.887 bits per heavy atom. The minimum atomic E-state index is 0.676. The van der Waals surface area contributed by atoms with Crippen molar-refractivity contribution in [3.63, 3.8) is 0 Å². The van der Waals surface area contributed by atoms with Gasteiger partial charge in [-0.3, -0.25) is 0 Å². The van der Waals surface area contributed by atoms with Gasteiger partial charge in [0.25, 0.3) is 0 Å². The highest BCUT2D eigenvalue weighted by molar-refractivity contribution is 6.37. The van der Waals surface area contributed by atoms with E-state index in [9.17, 15) is 0 Å². The molecule has 2 aromatic heterocycles. The summed E-state index contributed by atoms with van der Waals surface area (Å²) in [6, 6.07) is 60.9. The van der Waals surface area contributed by atoms with Gasteiger partial charge in [0.1, 0.15) is 11.2 Å². The van der Waals surface area contributed by atoms with Crippen LogP contribution in [0.1, 0.15) is 0 Å². The molecule has 3 nitrogen and oxygen atoms in total. The van der Waals surface area contributed by atoms with Crippen LogP contribution < -0.4 is 0 Å². The fraction of sp³-hybridized carbons (Fsp3) is 0. The van der Waals surface area contributed by atoms with E-state index in [1.807, 2.05) is 30.3 Å². The quantitative estimate of drug-likeness (QED) is 0.175. The van der Waals surface area contributed by atoms with Gasteiger partial charge in [0.05, 0.1) is 11.4 Å². The van der Waals surface area contributed by atoms with Gasteiger partial charge in [0.15, 0.2) is 5.82 Å². The molecule has 0 bridgehead atoms. The minimum absolute atomic E-state index is 0.676. The van der Waals surface area contributed by atoms with Crippen molar-refractivity contribution in [2.45, 2.75) is 0 Å². The highest BCUT2D eigenvalue weighted by Gasteiger charge is 2.19. The Morgan fingerprint density at radius 3 is 1.60 bits per heavy atom. The maximum atomic E-state index is 6.52. The van der Waals surface area contributed by atoms with Crippen molar-refractivity contribution in [3.8, 4) is 33.9 Å². The Morgan fingerprint density at radius 1 is 0.340 bits per heavy atom. The lowest BCUT2D eigenvalue weighted by Crippen LogP contribution is -1.96. The molecule has 0 spiro atoms. The fourth-order valence-corrected chi connectivity index (χ4v) is 8.83. The first kappa shape index (κ1) is 28.6. The first-order chi connectivity index (χ1) is 26.3. The maximum Gasteiger partial charge on any atom is 0.160 e. The second kappa shape index (κ2) is 10.7. The molecular formula is C50H28N2O. The highest BCUT2D eigenvalue weighted by atomic mass is 16.3. The third-order valence-corrected chi connectivity index (χ3v) is 11.2.